The van der Waals surface area contributed by atoms with Crippen LogP contribution in [0.4, 0.5) is 13.2 Å². The van der Waals surface area contributed by atoms with Crippen molar-refractivity contribution >= 4 is 43.6 Å². The molecule has 4 atom stereocenters. The Morgan fingerprint density at radius 3 is 2.26 bits per heavy atom. The predicted molar refractivity (Wildman–Crippen MR) is 207 cm³/mol. The normalized spacial score (nSPS) is 22.2. The molecule has 53 heavy (non-hydrogen) atoms. The van der Waals surface area contributed by atoms with E-state index in [1.807, 2.05) is 24.3 Å². The van der Waals surface area contributed by atoms with Crippen molar-refractivity contribution in [1.29, 1.82) is 0 Å². The SMILES string of the molecule is CC1CC2CCC3(c4ccccc4-c4cc5c(cc43)c3c4ccccc4ccc3n5-c3nc4ccccc4nc3-c3ccc(C(F)(F)F)cc3)C(C1)C2. The van der Waals surface area contributed by atoms with E-state index in [-0.39, 0.29) is 5.41 Å². The molecule has 4 unspecified atom stereocenters. The highest BCUT2D eigenvalue weighted by Crippen LogP contribution is 2.63. The third kappa shape index (κ3) is 4.41. The summed E-state index contributed by atoms with van der Waals surface area (Å²) in [6, 6.07) is 39.9. The number of alkyl halides is 3. The molecule has 3 nitrogen and oxygen atoms in total. The van der Waals surface area contributed by atoms with Crippen LogP contribution in [0.3, 0.4) is 0 Å². The van der Waals surface area contributed by atoms with Crippen molar-refractivity contribution in [2.45, 2.75) is 50.6 Å². The number of hydrogen-bond acceptors (Lipinski definition) is 2. The van der Waals surface area contributed by atoms with E-state index in [4.69, 9.17) is 9.97 Å². The van der Waals surface area contributed by atoms with E-state index >= 15 is 0 Å². The van der Waals surface area contributed by atoms with Gasteiger partial charge in [0.1, 0.15) is 5.69 Å². The molecular weight excluding hydrogens is 664 g/mol. The van der Waals surface area contributed by atoms with Crippen molar-refractivity contribution in [2.75, 3.05) is 0 Å². The van der Waals surface area contributed by atoms with Gasteiger partial charge in [0.2, 0.25) is 0 Å². The van der Waals surface area contributed by atoms with Gasteiger partial charge in [0, 0.05) is 21.8 Å². The number of fused-ring (bicyclic) bond motifs is 14. The Hall–Kier alpha value is -5.49. The Kier molecular flexibility index (Phi) is 6.46. The van der Waals surface area contributed by atoms with Crippen LogP contribution >= 0.6 is 0 Å². The molecule has 3 aliphatic rings. The Bertz CT molecular complexity index is 2790. The van der Waals surface area contributed by atoms with Crippen LogP contribution < -0.4 is 0 Å². The van der Waals surface area contributed by atoms with Crippen molar-refractivity contribution in [3.8, 4) is 28.2 Å². The van der Waals surface area contributed by atoms with E-state index in [9.17, 15) is 13.2 Å². The topological polar surface area (TPSA) is 30.7 Å². The molecule has 2 heterocycles. The lowest BCUT2D eigenvalue weighted by Gasteiger charge is -2.50. The van der Waals surface area contributed by atoms with Crippen molar-refractivity contribution in [3.63, 3.8) is 0 Å². The number of halogens is 3. The number of nitrogens with zero attached hydrogens (tertiary/aromatic N) is 3. The Labute approximate surface area is 305 Å². The average Bonchev–Trinajstić information content (AvgIpc) is 3.64. The van der Waals surface area contributed by atoms with Gasteiger partial charge in [0.15, 0.2) is 5.82 Å². The van der Waals surface area contributed by atoms with Gasteiger partial charge in [-0.2, -0.15) is 13.2 Å². The molecule has 1 spiro atoms. The lowest BCUT2D eigenvalue weighted by molar-refractivity contribution is -0.137. The minimum absolute atomic E-state index is 0.0293. The van der Waals surface area contributed by atoms with Gasteiger partial charge in [-0.3, -0.25) is 4.57 Å². The summed E-state index contributed by atoms with van der Waals surface area (Å²) >= 11 is 0. The first kappa shape index (κ1) is 31.1. The van der Waals surface area contributed by atoms with E-state index < -0.39 is 11.7 Å². The van der Waals surface area contributed by atoms with Crippen LogP contribution in [-0.2, 0) is 11.6 Å². The number of aromatic nitrogens is 3. The van der Waals surface area contributed by atoms with Gasteiger partial charge in [0.25, 0.3) is 0 Å². The van der Waals surface area contributed by atoms with Crippen LogP contribution in [0.25, 0.3) is 71.8 Å². The van der Waals surface area contributed by atoms with Gasteiger partial charge in [-0.05, 0) is 125 Å². The summed E-state index contributed by atoms with van der Waals surface area (Å²) in [5.74, 6) is 2.71. The van der Waals surface area contributed by atoms with Crippen molar-refractivity contribution in [1.82, 2.24) is 14.5 Å². The van der Waals surface area contributed by atoms with E-state index in [0.717, 1.165) is 63.1 Å². The summed E-state index contributed by atoms with van der Waals surface area (Å²) in [7, 11) is 0. The summed E-state index contributed by atoms with van der Waals surface area (Å²) in [5, 5.41) is 4.65. The highest BCUT2D eigenvalue weighted by atomic mass is 19.4. The van der Waals surface area contributed by atoms with Crippen LogP contribution in [-0.4, -0.2) is 14.5 Å². The number of benzene rings is 6. The zero-order valence-electron chi connectivity index (χ0n) is 29.3. The quantitative estimate of drug-likeness (QED) is 0.180. The van der Waals surface area contributed by atoms with Gasteiger partial charge < -0.3 is 0 Å². The maximum atomic E-state index is 13.7. The van der Waals surface area contributed by atoms with E-state index in [2.05, 4.69) is 84.3 Å². The maximum absolute atomic E-state index is 13.7. The lowest BCUT2D eigenvalue weighted by Crippen LogP contribution is -2.44. The minimum atomic E-state index is -4.44. The van der Waals surface area contributed by atoms with Crippen molar-refractivity contribution < 1.29 is 13.2 Å². The molecule has 0 amide bonds. The summed E-state index contributed by atoms with van der Waals surface area (Å²) in [6.07, 6.45) is 1.85. The fraction of sp³-hybridized carbons (Fsp3) is 0.234. The predicted octanol–water partition coefficient (Wildman–Crippen LogP) is 12.7. The standard InChI is InChI=1S/C47H36F3N3/c1-27-22-28-20-21-46(32(23-27)24-28)37-11-5-4-10-34(37)35-26-42-36(25-38(35)46)43-33-9-3-2-8-29(33)16-19-41(43)53(42)45-44(51-39-12-6-7-13-40(39)52-45)30-14-17-31(18-15-30)47(48,49)50/h2-19,25-28,32H,20-24H2,1H3. The van der Waals surface area contributed by atoms with E-state index in [1.165, 1.54) is 65.5 Å². The van der Waals surface area contributed by atoms with Crippen LogP contribution in [0.1, 0.15) is 55.7 Å². The molecule has 2 saturated carbocycles. The molecule has 0 N–H and O–H groups in total. The third-order valence-electron chi connectivity index (χ3n) is 12.9. The first-order valence-electron chi connectivity index (χ1n) is 18.8. The zero-order valence-corrected chi connectivity index (χ0v) is 29.3. The van der Waals surface area contributed by atoms with Gasteiger partial charge in [-0.1, -0.05) is 85.8 Å². The van der Waals surface area contributed by atoms with Crippen molar-refractivity contribution in [2.24, 2.45) is 17.8 Å². The van der Waals surface area contributed by atoms with Crippen LogP contribution in [0.15, 0.2) is 121 Å². The van der Waals surface area contributed by atoms with Gasteiger partial charge in [0.05, 0.1) is 27.6 Å². The van der Waals surface area contributed by atoms with Crippen LogP contribution in [0.5, 0.6) is 0 Å². The second-order valence-electron chi connectivity index (χ2n) is 15.8. The monoisotopic (exact) mass is 699 g/mol. The number of hydrogen-bond donors (Lipinski definition) is 0. The summed E-state index contributed by atoms with van der Waals surface area (Å²) in [4.78, 5) is 10.4. The number of rotatable bonds is 2. The smallest absolute Gasteiger partial charge is 0.292 e. The largest absolute Gasteiger partial charge is 0.416 e. The summed E-state index contributed by atoms with van der Waals surface area (Å²) in [6.45, 7) is 2.45. The lowest BCUT2D eigenvalue weighted by atomic mass is 9.53. The van der Waals surface area contributed by atoms with Crippen LogP contribution in [0.2, 0.25) is 0 Å². The summed E-state index contributed by atoms with van der Waals surface area (Å²) < 4.78 is 43.4. The van der Waals surface area contributed by atoms with Gasteiger partial charge >= 0.3 is 6.18 Å². The second kappa shape index (κ2) is 11.0. The Morgan fingerprint density at radius 2 is 1.43 bits per heavy atom. The minimum Gasteiger partial charge on any atom is -0.292 e. The molecule has 0 saturated heterocycles. The first-order valence-corrected chi connectivity index (χ1v) is 18.8. The molecule has 2 aromatic heterocycles. The molecule has 0 aliphatic heterocycles. The van der Waals surface area contributed by atoms with E-state index in [1.54, 1.807) is 0 Å². The molecule has 8 aromatic rings. The zero-order chi connectivity index (χ0) is 35.6. The molecule has 11 rings (SSSR count). The Balaban J connectivity index is 1.26. The molecule has 3 aliphatic carbocycles. The number of para-hydroxylation sites is 2. The maximum Gasteiger partial charge on any atom is 0.416 e. The fourth-order valence-corrected chi connectivity index (χ4v) is 10.8. The first-order chi connectivity index (χ1) is 25.8. The molecule has 2 fully saturated rings. The highest BCUT2D eigenvalue weighted by Gasteiger charge is 2.53. The average molecular weight is 700 g/mol. The molecular formula is C47H36F3N3. The second-order valence-corrected chi connectivity index (χ2v) is 15.8. The molecule has 6 aromatic carbocycles. The van der Waals surface area contributed by atoms with E-state index in [0.29, 0.717) is 28.5 Å². The molecule has 260 valence electrons. The van der Waals surface area contributed by atoms with Crippen molar-refractivity contribution in [3.05, 3.63) is 138 Å². The van der Waals surface area contributed by atoms with Gasteiger partial charge in [-0.15, -0.1) is 0 Å². The molecule has 6 heteroatoms. The molecule has 0 radical (unpaired) electrons. The summed E-state index contributed by atoms with van der Waals surface area (Å²) in [5.41, 5.74) is 9.34. The fourth-order valence-electron chi connectivity index (χ4n) is 10.8. The molecule has 2 bridgehead atoms. The highest BCUT2D eigenvalue weighted by molar-refractivity contribution is 6.22. The third-order valence-corrected chi connectivity index (χ3v) is 12.9. The van der Waals surface area contributed by atoms with Crippen LogP contribution in [0, 0.1) is 17.8 Å². The van der Waals surface area contributed by atoms with Gasteiger partial charge in [-0.25, -0.2) is 9.97 Å². The Morgan fingerprint density at radius 1 is 0.679 bits per heavy atom.